The van der Waals surface area contributed by atoms with Crippen LogP contribution in [0.25, 0.3) is 0 Å². The van der Waals surface area contributed by atoms with E-state index >= 15 is 0 Å². The third kappa shape index (κ3) is 6.01. The van der Waals surface area contributed by atoms with Crippen molar-refractivity contribution in [1.29, 1.82) is 0 Å². The number of furan rings is 1. The van der Waals surface area contributed by atoms with Crippen molar-refractivity contribution in [3.63, 3.8) is 0 Å². The number of aromatic nitrogens is 2. The van der Waals surface area contributed by atoms with E-state index in [2.05, 4.69) is 15.7 Å². The number of halogens is 1. The van der Waals surface area contributed by atoms with Crippen molar-refractivity contribution in [2.24, 2.45) is 7.05 Å². The molecule has 2 amide bonds. The van der Waals surface area contributed by atoms with Gasteiger partial charge in [0.1, 0.15) is 23.9 Å². The molecule has 0 aliphatic heterocycles. The number of amides is 2. The highest BCUT2D eigenvalue weighted by molar-refractivity contribution is 6.30. The molecule has 0 saturated heterocycles. The van der Waals surface area contributed by atoms with Gasteiger partial charge in [0.05, 0.1) is 25.6 Å². The van der Waals surface area contributed by atoms with Gasteiger partial charge in [-0.2, -0.15) is 5.10 Å². The highest BCUT2D eigenvalue weighted by Gasteiger charge is 2.19. The number of carbonyl (C=O) groups excluding carboxylic acids is 2. The fourth-order valence-electron chi connectivity index (χ4n) is 3.33. The lowest BCUT2D eigenvalue weighted by Crippen LogP contribution is -2.25. The van der Waals surface area contributed by atoms with E-state index < -0.39 is 11.8 Å². The number of hydrogen-bond acceptors (Lipinski definition) is 6. The number of benzene rings is 2. The van der Waals surface area contributed by atoms with Gasteiger partial charge in [-0.25, -0.2) is 0 Å². The maximum absolute atomic E-state index is 13.0. The predicted molar refractivity (Wildman–Crippen MR) is 130 cm³/mol. The number of nitrogens with zero attached hydrogens (tertiary/aromatic N) is 2. The Morgan fingerprint density at radius 3 is 2.63 bits per heavy atom. The van der Waals surface area contributed by atoms with Crippen LogP contribution in [0.2, 0.25) is 5.02 Å². The molecule has 0 fully saturated rings. The summed E-state index contributed by atoms with van der Waals surface area (Å²) in [6, 6.07) is 15.5. The molecule has 0 aliphatic rings. The number of ether oxygens (including phenoxy) is 2. The van der Waals surface area contributed by atoms with E-state index in [4.69, 9.17) is 25.5 Å². The van der Waals surface area contributed by atoms with E-state index in [0.717, 1.165) is 0 Å². The summed E-state index contributed by atoms with van der Waals surface area (Å²) in [5, 5.41) is 10.3. The molecular formula is C25H23ClN4O5. The Bertz CT molecular complexity index is 1320. The molecule has 2 aromatic heterocycles. The largest absolute Gasteiger partial charge is 0.496 e. The van der Waals surface area contributed by atoms with Gasteiger partial charge in [0, 0.05) is 29.4 Å². The second kappa shape index (κ2) is 10.8. The van der Waals surface area contributed by atoms with Crippen molar-refractivity contribution >= 4 is 29.1 Å². The van der Waals surface area contributed by atoms with Gasteiger partial charge in [-0.05, 0) is 54.6 Å². The van der Waals surface area contributed by atoms with Gasteiger partial charge in [0.15, 0.2) is 5.69 Å². The van der Waals surface area contributed by atoms with Crippen molar-refractivity contribution < 1.29 is 23.5 Å². The molecule has 4 rings (SSSR count). The average Bonchev–Trinajstić information content (AvgIpc) is 3.51. The van der Waals surface area contributed by atoms with Gasteiger partial charge in [0.2, 0.25) is 0 Å². The molecule has 2 heterocycles. The van der Waals surface area contributed by atoms with Gasteiger partial charge >= 0.3 is 0 Å². The number of methoxy groups -OCH3 is 1. The summed E-state index contributed by atoms with van der Waals surface area (Å²) < 4.78 is 17.9. The summed E-state index contributed by atoms with van der Waals surface area (Å²) in [6.45, 7) is 0.379. The van der Waals surface area contributed by atoms with E-state index in [0.29, 0.717) is 33.4 Å². The molecular weight excluding hydrogens is 472 g/mol. The summed E-state index contributed by atoms with van der Waals surface area (Å²) in [7, 11) is 3.21. The quantitative estimate of drug-likeness (QED) is 0.356. The molecule has 0 unspecified atom stereocenters. The lowest BCUT2D eigenvalue weighted by Gasteiger charge is -2.12. The monoisotopic (exact) mass is 494 g/mol. The van der Waals surface area contributed by atoms with Crippen LogP contribution in [0, 0.1) is 0 Å². The van der Waals surface area contributed by atoms with Gasteiger partial charge in [0.25, 0.3) is 11.8 Å². The third-order valence-electron chi connectivity index (χ3n) is 5.05. The highest BCUT2D eigenvalue weighted by Crippen LogP contribution is 2.24. The summed E-state index contributed by atoms with van der Waals surface area (Å²) in [5.74, 6) is 0.964. The summed E-state index contributed by atoms with van der Waals surface area (Å²) >= 11 is 5.92. The second-order valence-electron chi connectivity index (χ2n) is 7.55. The van der Waals surface area contributed by atoms with Crippen LogP contribution >= 0.6 is 11.6 Å². The van der Waals surface area contributed by atoms with Gasteiger partial charge in [-0.3, -0.25) is 14.3 Å². The Labute approximate surface area is 206 Å². The van der Waals surface area contributed by atoms with Crippen molar-refractivity contribution in [2.45, 2.75) is 13.2 Å². The Kier molecular flexibility index (Phi) is 7.37. The summed E-state index contributed by atoms with van der Waals surface area (Å²) in [6.07, 6.45) is 3.09. The Morgan fingerprint density at radius 1 is 1.11 bits per heavy atom. The first-order valence-corrected chi connectivity index (χ1v) is 11.0. The number of nitrogens with one attached hydrogen (secondary N) is 2. The first-order valence-electron chi connectivity index (χ1n) is 10.6. The third-order valence-corrected chi connectivity index (χ3v) is 5.30. The van der Waals surface area contributed by atoms with E-state index in [9.17, 15) is 9.59 Å². The van der Waals surface area contributed by atoms with Crippen molar-refractivity contribution in [3.8, 4) is 11.5 Å². The van der Waals surface area contributed by atoms with Crippen LogP contribution in [0.3, 0.4) is 0 Å². The second-order valence-corrected chi connectivity index (χ2v) is 7.99. The minimum Gasteiger partial charge on any atom is -0.496 e. The molecule has 4 aromatic rings. The summed E-state index contributed by atoms with van der Waals surface area (Å²) in [4.78, 5) is 25.7. The highest BCUT2D eigenvalue weighted by atomic mass is 35.5. The Morgan fingerprint density at radius 2 is 1.91 bits per heavy atom. The van der Waals surface area contributed by atoms with Crippen molar-refractivity contribution in [3.05, 3.63) is 94.7 Å². The van der Waals surface area contributed by atoms with E-state index in [1.165, 1.54) is 10.9 Å². The zero-order valence-electron chi connectivity index (χ0n) is 19.1. The molecule has 0 radical (unpaired) electrons. The summed E-state index contributed by atoms with van der Waals surface area (Å²) in [5.41, 5.74) is 1.42. The Balaban J connectivity index is 1.47. The van der Waals surface area contributed by atoms with E-state index in [1.807, 2.05) is 0 Å². The minimum atomic E-state index is -0.441. The average molecular weight is 495 g/mol. The molecule has 10 heteroatoms. The smallest absolute Gasteiger partial charge is 0.274 e. The molecule has 0 aliphatic carbocycles. The predicted octanol–water partition coefficient (Wildman–Crippen LogP) is 4.44. The van der Waals surface area contributed by atoms with Crippen LogP contribution in [0.15, 0.2) is 71.5 Å². The van der Waals surface area contributed by atoms with Crippen LogP contribution in [0.1, 0.15) is 32.2 Å². The first-order chi connectivity index (χ1) is 16.9. The van der Waals surface area contributed by atoms with Crippen molar-refractivity contribution in [2.75, 3.05) is 12.4 Å². The molecule has 2 N–H and O–H groups in total. The number of carbonyl (C=O) groups is 2. The number of rotatable bonds is 9. The normalized spacial score (nSPS) is 10.6. The van der Waals surface area contributed by atoms with Gasteiger partial charge < -0.3 is 24.5 Å². The SMILES string of the molecule is COc1ccc(C(=O)Nc2cn(C)nc2C(=O)NCc2ccco2)cc1COc1ccc(Cl)cc1. The van der Waals surface area contributed by atoms with Gasteiger partial charge in [-0.1, -0.05) is 11.6 Å². The number of hydrogen-bond donors (Lipinski definition) is 2. The number of aryl methyl sites for hydroxylation is 1. The number of anilines is 1. The van der Waals surface area contributed by atoms with E-state index in [-0.39, 0.29) is 24.5 Å². The molecule has 35 heavy (non-hydrogen) atoms. The zero-order chi connectivity index (χ0) is 24.8. The maximum Gasteiger partial charge on any atom is 0.274 e. The zero-order valence-corrected chi connectivity index (χ0v) is 19.8. The minimum absolute atomic E-state index is 0.0900. The fraction of sp³-hybridized carbons (Fsp3) is 0.160. The van der Waals surface area contributed by atoms with Crippen LogP contribution in [0.4, 0.5) is 5.69 Å². The van der Waals surface area contributed by atoms with Crippen LogP contribution < -0.4 is 20.1 Å². The molecule has 0 bridgehead atoms. The topological polar surface area (TPSA) is 108 Å². The molecule has 0 saturated carbocycles. The van der Waals surface area contributed by atoms with E-state index in [1.54, 1.807) is 75.0 Å². The van der Waals surface area contributed by atoms with Crippen LogP contribution in [-0.4, -0.2) is 28.7 Å². The first kappa shape index (κ1) is 23.9. The lowest BCUT2D eigenvalue weighted by atomic mass is 10.1. The van der Waals surface area contributed by atoms with Crippen LogP contribution in [0.5, 0.6) is 11.5 Å². The molecule has 2 aromatic carbocycles. The van der Waals surface area contributed by atoms with Crippen LogP contribution in [-0.2, 0) is 20.2 Å². The molecule has 9 nitrogen and oxygen atoms in total. The Hall–Kier alpha value is -4.24. The van der Waals surface area contributed by atoms with Crippen molar-refractivity contribution in [1.82, 2.24) is 15.1 Å². The lowest BCUT2D eigenvalue weighted by molar-refractivity contribution is 0.0943. The molecule has 0 atom stereocenters. The molecule has 0 spiro atoms. The molecule has 180 valence electrons. The van der Waals surface area contributed by atoms with Gasteiger partial charge in [-0.15, -0.1) is 0 Å². The standard InChI is InChI=1S/C25H23ClN4O5/c1-30-14-21(23(29-30)25(32)27-13-20-4-3-11-34-20)28-24(31)16-5-10-22(33-2)17(12-16)15-35-19-8-6-18(26)7-9-19/h3-12,14H,13,15H2,1-2H3,(H,27,32)(H,28,31). The maximum atomic E-state index is 13.0. The fourth-order valence-corrected chi connectivity index (χ4v) is 3.46.